The minimum atomic E-state index is -0.177. The molecule has 1 heterocycles. The summed E-state index contributed by atoms with van der Waals surface area (Å²) in [5, 5.41) is 3.48. The molecule has 1 nitrogen and oxygen atoms in total. The highest BCUT2D eigenvalue weighted by Crippen LogP contribution is 2.51. The van der Waals surface area contributed by atoms with E-state index >= 15 is 0 Å². The average Bonchev–Trinajstić information content (AvgIpc) is 3.04. The Hall–Kier alpha value is -1.61. The number of nitrogens with one attached hydrogen (secondary N) is 1. The molecule has 23 heavy (non-hydrogen) atoms. The zero-order valence-electron chi connectivity index (χ0n) is 13.0. The Morgan fingerprint density at radius 2 is 2.00 bits per heavy atom. The second kappa shape index (κ2) is 5.79. The third kappa shape index (κ3) is 2.51. The van der Waals surface area contributed by atoms with Gasteiger partial charge in [0.1, 0.15) is 5.82 Å². The SMILES string of the molecule is CCc1ccc([C@@H]2Nc3c(F)cc(Br)cc3[C@H]3C=CC[C@H]32)cc1. The van der Waals surface area contributed by atoms with E-state index in [0.29, 0.717) is 11.6 Å². The number of anilines is 1. The van der Waals surface area contributed by atoms with E-state index in [9.17, 15) is 4.39 Å². The Labute approximate surface area is 144 Å². The largest absolute Gasteiger partial charge is 0.375 e. The van der Waals surface area contributed by atoms with E-state index in [1.807, 2.05) is 0 Å². The van der Waals surface area contributed by atoms with Crippen molar-refractivity contribution in [3.8, 4) is 0 Å². The number of aryl methyl sites for hydroxylation is 1. The van der Waals surface area contributed by atoms with Gasteiger partial charge >= 0.3 is 0 Å². The van der Waals surface area contributed by atoms with Crippen molar-refractivity contribution in [3.63, 3.8) is 0 Å². The molecule has 0 unspecified atom stereocenters. The summed E-state index contributed by atoms with van der Waals surface area (Å²) in [5.74, 6) is 0.557. The minimum Gasteiger partial charge on any atom is -0.375 e. The van der Waals surface area contributed by atoms with Gasteiger partial charge in [-0.25, -0.2) is 4.39 Å². The first-order valence-corrected chi connectivity index (χ1v) is 8.97. The van der Waals surface area contributed by atoms with Crippen LogP contribution in [0, 0.1) is 11.7 Å². The monoisotopic (exact) mass is 371 g/mol. The standard InChI is InChI=1S/C20H19BrFN/c1-2-12-6-8-13(9-7-12)19-16-5-3-4-15(16)17-10-14(21)11-18(22)20(17)23-19/h3-4,6-11,15-16,19,23H,2,5H2,1H3/t15-,16+,19-/m0/s1. The number of halogens is 2. The molecule has 0 saturated heterocycles. The van der Waals surface area contributed by atoms with Crippen LogP contribution < -0.4 is 5.32 Å². The highest BCUT2D eigenvalue weighted by molar-refractivity contribution is 9.10. The van der Waals surface area contributed by atoms with Gasteiger partial charge in [0.25, 0.3) is 0 Å². The molecule has 4 rings (SSSR count). The zero-order valence-corrected chi connectivity index (χ0v) is 14.6. The fourth-order valence-corrected chi connectivity index (χ4v) is 4.36. The second-order valence-corrected chi connectivity index (χ2v) is 7.34. The van der Waals surface area contributed by atoms with Crippen molar-refractivity contribution in [1.82, 2.24) is 0 Å². The molecule has 2 aliphatic rings. The summed E-state index contributed by atoms with van der Waals surface area (Å²) in [7, 11) is 0. The molecule has 1 N–H and O–H groups in total. The van der Waals surface area contributed by atoms with Crippen molar-refractivity contribution in [2.45, 2.75) is 31.7 Å². The minimum absolute atomic E-state index is 0.157. The van der Waals surface area contributed by atoms with Crippen LogP contribution >= 0.6 is 15.9 Å². The lowest BCUT2D eigenvalue weighted by atomic mass is 9.77. The number of allylic oxidation sites excluding steroid dienone is 2. The van der Waals surface area contributed by atoms with E-state index in [1.165, 1.54) is 11.1 Å². The van der Waals surface area contributed by atoms with Crippen LogP contribution in [-0.4, -0.2) is 0 Å². The van der Waals surface area contributed by atoms with Gasteiger partial charge in [-0.15, -0.1) is 0 Å². The van der Waals surface area contributed by atoms with Crippen molar-refractivity contribution in [3.05, 3.63) is 75.5 Å². The maximum atomic E-state index is 14.5. The van der Waals surface area contributed by atoms with Crippen LogP contribution in [0.5, 0.6) is 0 Å². The van der Waals surface area contributed by atoms with Gasteiger partial charge in [-0.05, 0) is 47.6 Å². The van der Waals surface area contributed by atoms with Gasteiger partial charge in [-0.1, -0.05) is 59.3 Å². The van der Waals surface area contributed by atoms with Gasteiger partial charge in [0.05, 0.1) is 11.7 Å². The summed E-state index contributed by atoms with van der Waals surface area (Å²) >= 11 is 3.42. The Bertz CT molecular complexity index is 766. The summed E-state index contributed by atoms with van der Waals surface area (Å²) in [6.07, 6.45) is 6.55. The predicted octanol–water partition coefficient (Wildman–Crippen LogP) is 5.98. The lowest BCUT2D eigenvalue weighted by Gasteiger charge is -2.37. The molecule has 0 aromatic heterocycles. The molecule has 0 radical (unpaired) electrons. The molecular weight excluding hydrogens is 353 g/mol. The molecule has 3 atom stereocenters. The highest BCUT2D eigenvalue weighted by Gasteiger charge is 2.39. The van der Waals surface area contributed by atoms with E-state index in [0.717, 1.165) is 22.9 Å². The van der Waals surface area contributed by atoms with E-state index in [-0.39, 0.29) is 17.8 Å². The quantitative estimate of drug-likeness (QED) is 0.640. The van der Waals surface area contributed by atoms with E-state index in [4.69, 9.17) is 0 Å². The first kappa shape index (κ1) is 14.9. The number of benzene rings is 2. The summed E-state index contributed by atoms with van der Waals surface area (Å²) in [5.41, 5.74) is 4.30. The maximum Gasteiger partial charge on any atom is 0.147 e. The van der Waals surface area contributed by atoms with Crippen molar-refractivity contribution in [2.24, 2.45) is 5.92 Å². The van der Waals surface area contributed by atoms with E-state index < -0.39 is 0 Å². The number of hydrogen-bond donors (Lipinski definition) is 1. The Morgan fingerprint density at radius 3 is 2.74 bits per heavy atom. The van der Waals surface area contributed by atoms with Crippen LogP contribution in [0.4, 0.5) is 10.1 Å². The van der Waals surface area contributed by atoms with Crippen LogP contribution in [0.3, 0.4) is 0 Å². The fourth-order valence-electron chi connectivity index (χ4n) is 3.91. The molecule has 0 saturated carbocycles. The topological polar surface area (TPSA) is 12.0 Å². The van der Waals surface area contributed by atoms with Gasteiger partial charge in [-0.3, -0.25) is 0 Å². The van der Waals surface area contributed by atoms with Crippen LogP contribution in [0.1, 0.15) is 42.0 Å². The lowest BCUT2D eigenvalue weighted by Crippen LogP contribution is -2.29. The summed E-state index contributed by atoms with van der Waals surface area (Å²) in [4.78, 5) is 0. The Balaban J connectivity index is 1.78. The second-order valence-electron chi connectivity index (χ2n) is 6.42. The predicted molar refractivity (Wildman–Crippen MR) is 96.3 cm³/mol. The van der Waals surface area contributed by atoms with Crippen molar-refractivity contribution in [2.75, 3.05) is 5.32 Å². The molecule has 0 fully saturated rings. The van der Waals surface area contributed by atoms with Gasteiger partial charge in [-0.2, -0.15) is 0 Å². The Kier molecular flexibility index (Phi) is 3.76. The molecule has 0 bridgehead atoms. The lowest BCUT2D eigenvalue weighted by molar-refractivity contribution is 0.420. The molecule has 0 spiro atoms. The van der Waals surface area contributed by atoms with Crippen LogP contribution in [0.25, 0.3) is 0 Å². The molecule has 2 aromatic rings. The molecule has 118 valence electrons. The number of hydrogen-bond acceptors (Lipinski definition) is 1. The molecular formula is C20H19BrFN. The van der Waals surface area contributed by atoms with Crippen molar-refractivity contribution in [1.29, 1.82) is 0 Å². The molecule has 1 aliphatic carbocycles. The van der Waals surface area contributed by atoms with Gasteiger partial charge in [0.15, 0.2) is 0 Å². The normalized spacial score (nSPS) is 24.9. The van der Waals surface area contributed by atoms with Crippen LogP contribution in [0.15, 0.2) is 53.0 Å². The maximum absolute atomic E-state index is 14.5. The van der Waals surface area contributed by atoms with Crippen LogP contribution in [0.2, 0.25) is 0 Å². The Morgan fingerprint density at radius 1 is 1.22 bits per heavy atom. The molecule has 1 aliphatic heterocycles. The van der Waals surface area contributed by atoms with E-state index in [2.05, 4.69) is 70.7 Å². The smallest absolute Gasteiger partial charge is 0.147 e. The summed E-state index contributed by atoms with van der Waals surface area (Å²) in [6.45, 7) is 2.16. The van der Waals surface area contributed by atoms with Crippen molar-refractivity contribution < 1.29 is 4.39 Å². The number of fused-ring (bicyclic) bond motifs is 3. The third-order valence-electron chi connectivity index (χ3n) is 5.13. The first-order chi connectivity index (χ1) is 11.2. The average molecular weight is 372 g/mol. The zero-order chi connectivity index (χ0) is 16.0. The van der Waals surface area contributed by atoms with Gasteiger partial charge < -0.3 is 5.32 Å². The third-order valence-corrected chi connectivity index (χ3v) is 5.59. The van der Waals surface area contributed by atoms with Crippen molar-refractivity contribution >= 4 is 21.6 Å². The van der Waals surface area contributed by atoms with Crippen LogP contribution in [-0.2, 0) is 6.42 Å². The summed E-state index contributed by atoms with van der Waals surface area (Å²) < 4.78 is 15.3. The van der Waals surface area contributed by atoms with Gasteiger partial charge in [0, 0.05) is 10.4 Å². The molecule has 0 amide bonds. The summed E-state index contributed by atoms with van der Waals surface area (Å²) in [6, 6.07) is 12.5. The fraction of sp³-hybridized carbons (Fsp3) is 0.300. The molecule has 3 heteroatoms. The molecule has 2 aromatic carbocycles. The van der Waals surface area contributed by atoms with E-state index in [1.54, 1.807) is 6.07 Å². The number of rotatable bonds is 2. The highest BCUT2D eigenvalue weighted by atomic mass is 79.9. The first-order valence-electron chi connectivity index (χ1n) is 8.18. The van der Waals surface area contributed by atoms with Gasteiger partial charge in [0.2, 0.25) is 0 Å².